The number of esters is 1. The summed E-state index contributed by atoms with van der Waals surface area (Å²) in [7, 11) is -2.74. The lowest BCUT2D eigenvalue weighted by Crippen LogP contribution is -2.16. The molecule has 1 N–H and O–H groups in total. The molecule has 0 aliphatic rings. The maximum Gasteiger partial charge on any atom is 0.358 e. The van der Waals surface area contributed by atoms with E-state index in [0.717, 1.165) is 28.3 Å². The van der Waals surface area contributed by atoms with E-state index in [1.54, 1.807) is 0 Å². The number of rotatable bonds is 5. The number of thiazole rings is 2. The summed E-state index contributed by atoms with van der Waals surface area (Å²) in [6.07, 6.45) is 0.720. The molecule has 0 amide bonds. The second kappa shape index (κ2) is 6.08. The lowest BCUT2D eigenvalue weighted by atomic mass is 10.3. The minimum Gasteiger partial charge on any atom is -0.464 e. The Labute approximate surface area is 130 Å². The fraction of sp³-hybridized carbons (Fsp3) is 0.364. The van der Waals surface area contributed by atoms with Crippen LogP contribution < -0.4 is 4.72 Å². The summed E-state index contributed by atoms with van der Waals surface area (Å²) < 4.78 is 31.4. The number of ether oxygens (including phenoxy) is 1. The summed E-state index contributed by atoms with van der Waals surface area (Å²) in [5.74, 6) is -0.791. The fourth-order valence-electron chi connectivity index (χ4n) is 1.62. The van der Waals surface area contributed by atoms with E-state index in [-0.39, 0.29) is 15.0 Å². The van der Waals surface area contributed by atoms with E-state index in [0.29, 0.717) is 0 Å². The van der Waals surface area contributed by atoms with Gasteiger partial charge in [0.15, 0.2) is 15.0 Å². The third-order valence-corrected chi connectivity index (χ3v) is 6.37. The van der Waals surface area contributed by atoms with E-state index in [2.05, 4.69) is 19.4 Å². The number of nitrogens with one attached hydrogen (secondary N) is 1. The monoisotopic (exact) mass is 347 g/mol. The smallest absolute Gasteiger partial charge is 0.358 e. The third kappa shape index (κ3) is 3.22. The number of carbonyl (C=O) groups is 1. The first kappa shape index (κ1) is 15.9. The highest BCUT2D eigenvalue weighted by Gasteiger charge is 2.27. The van der Waals surface area contributed by atoms with Crippen LogP contribution >= 0.6 is 22.7 Å². The van der Waals surface area contributed by atoms with Crippen LogP contribution in [0, 0.1) is 6.92 Å². The molecule has 0 aliphatic carbocycles. The molecule has 0 unspecified atom stereocenters. The van der Waals surface area contributed by atoms with Crippen LogP contribution in [0.1, 0.15) is 28.0 Å². The maximum atomic E-state index is 12.3. The van der Waals surface area contributed by atoms with Gasteiger partial charge in [-0.1, -0.05) is 6.92 Å². The van der Waals surface area contributed by atoms with E-state index in [1.807, 2.05) is 13.8 Å². The van der Waals surface area contributed by atoms with Crippen molar-refractivity contribution in [3.63, 3.8) is 0 Å². The van der Waals surface area contributed by atoms with Crippen LogP contribution in [-0.4, -0.2) is 31.5 Å². The molecule has 2 aromatic heterocycles. The summed E-state index contributed by atoms with van der Waals surface area (Å²) in [4.78, 5) is 20.4. The van der Waals surface area contributed by atoms with Crippen LogP contribution in [0.5, 0.6) is 0 Å². The van der Waals surface area contributed by atoms with Gasteiger partial charge in [-0.2, -0.15) is 0 Å². The molecule has 2 rings (SSSR count). The average Bonchev–Trinajstić information content (AvgIpc) is 3.04. The molecule has 2 aromatic rings. The van der Waals surface area contributed by atoms with Gasteiger partial charge in [-0.25, -0.2) is 23.2 Å². The zero-order valence-corrected chi connectivity index (χ0v) is 14.0. The molecule has 0 aliphatic heterocycles. The standard InChI is InChI=1S/C11H13N3O4S3/c1-4-7-6(2)20-11(13-7)14-21(16,17)10-8(9(15)18-3)12-5-19-10/h5H,4H2,1-3H3,(H,13,14). The van der Waals surface area contributed by atoms with Gasteiger partial charge in [0, 0.05) is 4.88 Å². The zero-order valence-electron chi connectivity index (χ0n) is 11.5. The highest BCUT2D eigenvalue weighted by Crippen LogP contribution is 2.27. The highest BCUT2D eigenvalue weighted by molar-refractivity contribution is 7.94. The van der Waals surface area contributed by atoms with Crippen molar-refractivity contribution in [1.29, 1.82) is 0 Å². The van der Waals surface area contributed by atoms with E-state index in [9.17, 15) is 13.2 Å². The second-order valence-electron chi connectivity index (χ2n) is 3.96. The van der Waals surface area contributed by atoms with Crippen molar-refractivity contribution >= 4 is 43.8 Å². The quantitative estimate of drug-likeness (QED) is 0.831. The van der Waals surface area contributed by atoms with Gasteiger partial charge in [0.2, 0.25) is 0 Å². The van der Waals surface area contributed by atoms with Crippen molar-refractivity contribution in [2.75, 3.05) is 11.8 Å². The molecular formula is C11H13N3O4S3. The van der Waals surface area contributed by atoms with Crippen LogP contribution in [0.3, 0.4) is 0 Å². The van der Waals surface area contributed by atoms with Gasteiger partial charge in [0.25, 0.3) is 10.0 Å². The van der Waals surface area contributed by atoms with Gasteiger partial charge in [-0.15, -0.1) is 22.7 Å². The average molecular weight is 347 g/mol. The number of sulfonamides is 1. The predicted molar refractivity (Wildman–Crippen MR) is 80.5 cm³/mol. The van der Waals surface area contributed by atoms with E-state index in [1.165, 1.54) is 24.0 Å². The first-order valence-corrected chi connectivity index (χ1v) is 9.08. The van der Waals surface area contributed by atoms with Crippen molar-refractivity contribution in [2.24, 2.45) is 0 Å². The van der Waals surface area contributed by atoms with Crippen molar-refractivity contribution in [1.82, 2.24) is 9.97 Å². The number of methoxy groups -OCH3 is 1. The van der Waals surface area contributed by atoms with Crippen LogP contribution in [0.15, 0.2) is 9.72 Å². The Morgan fingerprint density at radius 2 is 2.19 bits per heavy atom. The number of hydrogen-bond acceptors (Lipinski definition) is 8. The van der Waals surface area contributed by atoms with Gasteiger partial charge in [0.05, 0.1) is 18.3 Å². The van der Waals surface area contributed by atoms with Crippen LogP contribution in [0.25, 0.3) is 0 Å². The van der Waals surface area contributed by atoms with Crippen LogP contribution in [0.2, 0.25) is 0 Å². The second-order valence-corrected chi connectivity index (χ2v) is 7.90. The Hall–Kier alpha value is -1.52. The normalized spacial score (nSPS) is 11.4. The van der Waals surface area contributed by atoms with E-state index >= 15 is 0 Å². The number of anilines is 1. The van der Waals surface area contributed by atoms with E-state index < -0.39 is 16.0 Å². The Bertz CT molecular complexity index is 764. The molecule has 10 heteroatoms. The molecule has 0 saturated heterocycles. The molecular weight excluding hydrogens is 334 g/mol. The van der Waals surface area contributed by atoms with Crippen molar-refractivity contribution in [2.45, 2.75) is 24.5 Å². The predicted octanol–water partition coefficient (Wildman–Crippen LogP) is 2.06. The minimum absolute atomic E-state index is 0.180. The van der Waals surface area contributed by atoms with Crippen molar-refractivity contribution in [3.05, 3.63) is 21.8 Å². The highest BCUT2D eigenvalue weighted by atomic mass is 32.2. The number of carbonyl (C=O) groups excluding carboxylic acids is 1. The summed E-state index contributed by atoms with van der Waals surface area (Å²) in [6, 6.07) is 0. The van der Waals surface area contributed by atoms with Gasteiger partial charge < -0.3 is 4.74 Å². The Balaban J connectivity index is 2.34. The number of aryl methyl sites for hydroxylation is 2. The molecule has 2 heterocycles. The van der Waals surface area contributed by atoms with Gasteiger partial charge in [-0.3, -0.25) is 4.72 Å². The van der Waals surface area contributed by atoms with E-state index in [4.69, 9.17) is 0 Å². The molecule has 0 bridgehead atoms. The molecule has 0 spiro atoms. The zero-order chi connectivity index (χ0) is 15.6. The lowest BCUT2D eigenvalue weighted by molar-refractivity contribution is 0.0590. The molecule has 0 atom stereocenters. The topological polar surface area (TPSA) is 98.3 Å². The largest absolute Gasteiger partial charge is 0.464 e. The first-order valence-electron chi connectivity index (χ1n) is 5.90. The van der Waals surface area contributed by atoms with Crippen LogP contribution in [-0.2, 0) is 21.2 Å². The summed E-state index contributed by atoms with van der Waals surface area (Å²) in [5, 5.41) is 0.272. The molecule has 21 heavy (non-hydrogen) atoms. The minimum atomic E-state index is -3.91. The third-order valence-electron chi connectivity index (χ3n) is 2.61. The Morgan fingerprint density at radius 1 is 1.48 bits per heavy atom. The van der Waals surface area contributed by atoms with Crippen molar-refractivity contribution in [3.8, 4) is 0 Å². The summed E-state index contributed by atoms with van der Waals surface area (Å²) in [5.41, 5.74) is 1.90. The molecule has 0 radical (unpaired) electrons. The molecule has 0 fully saturated rings. The fourth-order valence-corrected chi connectivity index (χ4v) is 4.89. The maximum absolute atomic E-state index is 12.3. The molecule has 0 aromatic carbocycles. The molecule has 0 saturated carbocycles. The van der Waals surface area contributed by atoms with Gasteiger partial charge >= 0.3 is 5.97 Å². The number of nitrogens with zero attached hydrogens (tertiary/aromatic N) is 2. The molecule has 114 valence electrons. The lowest BCUT2D eigenvalue weighted by Gasteiger charge is -2.04. The SMILES string of the molecule is CCc1nc(NS(=O)(=O)c2scnc2C(=O)OC)sc1C. The first-order chi connectivity index (χ1) is 9.89. The van der Waals surface area contributed by atoms with Crippen molar-refractivity contribution < 1.29 is 17.9 Å². The Morgan fingerprint density at radius 3 is 2.76 bits per heavy atom. The van der Waals surface area contributed by atoms with Crippen LogP contribution in [0.4, 0.5) is 5.13 Å². The van der Waals surface area contributed by atoms with Gasteiger partial charge in [-0.05, 0) is 13.3 Å². The van der Waals surface area contributed by atoms with Gasteiger partial charge in [0.1, 0.15) is 0 Å². The summed E-state index contributed by atoms with van der Waals surface area (Å²) in [6.45, 7) is 3.82. The summed E-state index contributed by atoms with van der Waals surface area (Å²) >= 11 is 2.10. The molecule has 7 nitrogen and oxygen atoms in total. The Kier molecular flexibility index (Phi) is 4.59. The number of aromatic nitrogens is 2. The number of hydrogen-bond donors (Lipinski definition) is 1.